The molecule has 2 aromatic carbocycles. The Labute approximate surface area is 130 Å². The normalized spacial score (nSPS) is 16.1. The van der Waals surface area contributed by atoms with Crippen LogP contribution in [0.2, 0.25) is 0 Å². The fourth-order valence-corrected chi connectivity index (χ4v) is 2.97. The minimum absolute atomic E-state index is 0.252. The van der Waals surface area contributed by atoms with Gasteiger partial charge in [-0.1, -0.05) is 30.3 Å². The zero-order chi connectivity index (χ0) is 15.6. The second-order valence-electron chi connectivity index (χ2n) is 5.86. The number of carbonyl (C=O) groups is 1. The Kier molecular flexibility index (Phi) is 4.03. The van der Waals surface area contributed by atoms with Crippen molar-refractivity contribution in [1.29, 1.82) is 0 Å². The summed E-state index contributed by atoms with van der Waals surface area (Å²) in [5.41, 5.74) is -0.0513. The van der Waals surface area contributed by atoms with E-state index in [2.05, 4.69) is 17.4 Å². The highest BCUT2D eigenvalue weighted by molar-refractivity contribution is 5.88. The molecule has 1 amide bonds. The quantitative estimate of drug-likeness (QED) is 0.891. The van der Waals surface area contributed by atoms with E-state index >= 15 is 0 Å². The molecular formula is C18H21NO3. The molecule has 0 aliphatic heterocycles. The van der Waals surface area contributed by atoms with Crippen molar-refractivity contribution in [2.45, 2.75) is 31.3 Å². The highest BCUT2D eigenvalue weighted by Crippen LogP contribution is 2.32. The predicted molar refractivity (Wildman–Crippen MR) is 86.0 cm³/mol. The highest BCUT2D eigenvalue weighted by atomic mass is 16.5. The zero-order valence-corrected chi connectivity index (χ0v) is 12.8. The summed E-state index contributed by atoms with van der Waals surface area (Å²) in [4.78, 5) is 12.0. The number of amides is 1. The van der Waals surface area contributed by atoms with Gasteiger partial charge < -0.3 is 15.2 Å². The molecule has 0 spiro atoms. The monoisotopic (exact) mass is 299 g/mol. The first-order valence-corrected chi connectivity index (χ1v) is 7.69. The number of benzene rings is 2. The standard InChI is InChI=1S/C18H21NO3/c1-22-16-8-7-13-5-2-3-6-14(13)15(16)9-12-19-17(20)18(21)10-4-11-18/h2-3,5-8,21H,4,9-12H2,1H3,(H,19,20). The van der Waals surface area contributed by atoms with Crippen LogP contribution in [-0.2, 0) is 11.2 Å². The molecule has 1 fully saturated rings. The number of fused-ring (bicyclic) bond motifs is 1. The molecule has 0 aromatic heterocycles. The van der Waals surface area contributed by atoms with Crippen molar-refractivity contribution < 1.29 is 14.6 Å². The maximum atomic E-state index is 12.0. The van der Waals surface area contributed by atoms with Crippen LogP contribution in [0.5, 0.6) is 5.75 Å². The SMILES string of the molecule is COc1ccc2ccccc2c1CCNC(=O)C1(O)CCC1. The maximum absolute atomic E-state index is 12.0. The van der Waals surface area contributed by atoms with E-state index in [0.29, 0.717) is 25.8 Å². The van der Waals surface area contributed by atoms with Crippen LogP contribution in [0.25, 0.3) is 10.8 Å². The van der Waals surface area contributed by atoms with Gasteiger partial charge in [-0.2, -0.15) is 0 Å². The molecule has 1 saturated carbocycles. The van der Waals surface area contributed by atoms with Crippen LogP contribution < -0.4 is 10.1 Å². The minimum atomic E-state index is -1.14. The van der Waals surface area contributed by atoms with Gasteiger partial charge in [0.25, 0.3) is 5.91 Å². The lowest BCUT2D eigenvalue weighted by molar-refractivity contribution is -0.148. The van der Waals surface area contributed by atoms with Gasteiger partial charge in [0.1, 0.15) is 11.4 Å². The molecule has 0 saturated heterocycles. The first-order chi connectivity index (χ1) is 10.6. The van der Waals surface area contributed by atoms with Crippen molar-refractivity contribution in [3.8, 4) is 5.75 Å². The van der Waals surface area contributed by atoms with Crippen LogP contribution >= 0.6 is 0 Å². The summed E-state index contributed by atoms with van der Waals surface area (Å²) in [6, 6.07) is 12.1. The number of carbonyl (C=O) groups excluding carboxylic acids is 1. The first kappa shape index (κ1) is 14.9. The second kappa shape index (κ2) is 5.97. The molecule has 2 N–H and O–H groups in total. The fraction of sp³-hybridized carbons (Fsp3) is 0.389. The lowest BCUT2D eigenvalue weighted by Gasteiger charge is -2.34. The number of methoxy groups -OCH3 is 1. The molecule has 1 aliphatic carbocycles. The molecule has 116 valence electrons. The Morgan fingerprint density at radius 1 is 1.27 bits per heavy atom. The van der Waals surface area contributed by atoms with Crippen molar-refractivity contribution in [2.75, 3.05) is 13.7 Å². The van der Waals surface area contributed by atoms with Gasteiger partial charge in [0.05, 0.1) is 7.11 Å². The third kappa shape index (κ3) is 2.66. The average Bonchev–Trinajstić information content (AvgIpc) is 2.52. The number of rotatable bonds is 5. The molecule has 0 unspecified atom stereocenters. The number of hydrogen-bond acceptors (Lipinski definition) is 3. The van der Waals surface area contributed by atoms with Crippen LogP contribution in [0.15, 0.2) is 36.4 Å². The Morgan fingerprint density at radius 2 is 2.05 bits per heavy atom. The minimum Gasteiger partial charge on any atom is -0.496 e. The van der Waals surface area contributed by atoms with Crippen molar-refractivity contribution in [3.63, 3.8) is 0 Å². The van der Waals surface area contributed by atoms with E-state index in [1.165, 1.54) is 0 Å². The summed E-state index contributed by atoms with van der Waals surface area (Å²) < 4.78 is 5.45. The molecule has 0 heterocycles. The number of nitrogens with one attached hydrogen (secondary N) is 1. The van der Waals surface area contributed by atoms with Crippen LogP contribution in [0.1, 0.15) is 24.8 Å². The van der Waals surface area contributed by atoms with Gasteiger partial charge in [0, 0.05) is 12.1 Å². The van der Waals surface area contributed by atoms with Crippen molar-refractivity contribution in [1.82, 2.24) is 5.32 Å². The number of hydrogen-bond donors (Lipinski definition) is 2. The maximum Gasteiger partial charge on any atom is 0.251 e. The predicted octanol–water partition coefficient (Wildman–Crippen LogP) is 2.42. The van der Waals surface area contributed by atoms with E-state index in [-0.39, 0.29) is 5.91 Å². The third-order valence-electron chi connectivity index (χ3n) is 4.48. The molecule has 4 heteroatoms. The van der Waals surface area contributed by atoms with E-state index < -0.39 is 5.60 Å². The molecule has 0 radical (unpaired) electrons. The molecule has 3 rings (SSSR count). The largest absolute Gasteiger partial charge is 0.496 e. The summed E-state index contributed by atoms with van der Waals surface area (Å²) in [6.07, 6.45) is 2.72. The van der Waals surface area contributed by atoms with Crippen molar-refractivity contribution in [3.05, 3.63) is 42.0 Å². The van der Waals surface area contributed by atoms with Gasteiger partial charge in [-0.05, 0) is 42.5 Å². The van der Waals surface area contributed by atoms with Gasteiger partial charge in [-0.15, -0.1) is 0 Å². The lowest BCUT2D eigenvalue weighted by Crippen LogP contribution is -2.51. The molecule has 1 aliphatic rings. The van der Waals surface area contributed by atoms with Crippen LogP contribution in [0, 0.1) is 0 Å². The zero-order valence-electron chi connectivity index (χ0n) is 12.8. The van der Waals surface area contributed by atoms with E-state index in [1.807, 2.05) is 24.3 Å². The van der Waals surface area contributed by atoms with E-state index in [0.717, 1.165) is 28.5 Å². The summed E-state index contributed by atoms with van der Waals surface area (Å²) >= 11 is 0. The average molecular weight is 299 g/mol. The van der Waals surface area contributed by atoms with Gasteiger partial charge in [0.2, 0.25) is 0 Å². The van der Waals surface area contributed by atoms with E-state index in [4.69, 9.17) is 4.74 Å². The molecular weight excluding hydrogens is 278 g/mol. The summed E-state index contributed by atoms with van der Waals surface area (Å²) in [7, 11) is 1.66. The molecule has 4 nitrogen and oxygen atoms in total. The van der Waals surface area contributed by atoms with Gasteiger partial charge in [-0.25, -0.2) is 0 Å². The first-order valence-electron chi connectivity index (χ1n) is 7.69. The Balaban J connectivity index is 1.74. The van der Waals surface area contributed by atoms with Gasteiger partial charge in [-0.3, -0.25) is 4.79 Å². The summed E-state index contributed by atoms with van der Waals surface area (Å²) in [6.45, 7) is 0.492. The van der Waals surface area contributed by atoms with Crippen LogP contribution in [0.3, 0.4) is 0 Å². The third-order valence-corrected chi connectivity index (χ3v) is 4.48. The highest BCUT2D eigenvalue weighted by Gasteiger charge is 2.41. The van der Waals surface area contributed by atoms with Gasteiger partial charge >= 0.3 is 0 Å². The summed E-state index contributed by atoms with van der Waals surface area (Å²) in [5, 5.41) is 15.1. The number of aliphatic hydroxyl groups is 1. The molecule has 22 heavy (non-hydrogen) atoms. The lowest BCUT2D eigenvalue weighted by atomic mass is 9.79. The Morgan fingerprint density at radius 3 is 2.73 bits per heavy atom. The smallest absolute Gasteiger partial charge is 0.251 e. The van der Waals surface area contributed by atoms with Crippen LogP contribution in [0.4, 0.5) is 0 Å². The number of ether oxygens (including phenoxy) is 1. The molecule has 0 bridgehead atoms. The van der Waals surface area contributed by atoms with E-state index in [9.17, 15) is 9.90 Å². The molecule has 0 atom stereocenters. The fourth-order valence-electron chi connectivity index (χ4n) is 2.97. The Bertz CT molecular complexity index is 692. The topological polar surface area (TPSA) is 58.6 Å². The van der Waals surface area contributed by atoms with Crippen molar-refractivity contribution >= 4 is 16.7 Å². The second-order valence-corrected chi connectivity index (χ2v) is 5.86. The summed E-state index contributed by atoms with van der Waals surface area (Å²) in [5.74, 6) is 0.577. The van der Waals surface area contributed by atoms with E-state index in [1.54, 1.807) is 7.11 Å². The van der Waals surface area contributed by atoms with Crippen molar-refractivity contribution in [2.24, 2.45) is 0 Å². The molecule has 2 aromatic rings. The Hall–Kier alpha value is -2.07. The van der Waals surface area contributed by atoms with Gasteiger partial charge in [0.15, 0.2) is 0 Å². The van der Waals surface area contributed by atoms with Crippen LogP contribution in [-0.4, -0.2) is 30.3 Å².